The van der Waals surface area contributed by atoms with Crippen molar-refractivity contribution in [1.82, 2.24) is 5.32 Å². The van der Waals surface area contributed by atoms with Crippen LogP contribution in [0.1, 0.15) is 18.1 Å². The predicted molar refractivity (Wildman–Crippen MR) is 91.3 cm³/mol. The second kappa shape index (κ2) is 6.92. The SMILES string of the molecule is CCc1ccc(/C=C2/N=C(COc3ccccc3)NC2=O)cc1. The van der Waals surface area contributed by atoms with E-state index in [1.54, 1.807) is 6.08 Å². The summed E-state index contributed by atoms with van der Waals surface area (Å²) in [7, 11) is 0. The molecule has 2 aromatic carbocycles. The summed E-state index contributed by atoms with van der Waals surface area (Å²) in [6.07, 6.45) is 2.78. The molecule has 23 heavy (non-hydrogen) atoms. The zero-order chi connectivity index (χ0) is 16.1. The minimum absolute atomic E-state index is 0.198. The summed E-state index contributed by atoms with van der Waals surface area (Å²) in [5.74, 6) is 1.07. The van der Waals surface area contributed by atoms with E-state index in [0.717, 1.165) is 17.7 Å². The fourth-order valence-electron chi connectivity index (χ4n) is 2.26. The second-order valence-corrected chi connectivity index (χ2v) is 5.24. The molecule has 0 saturated carbocycles. The van der Waals surface area contributed by atoms with Crippen molar-refractivity contribution < 1.29 is 9.53 Å². The molecule has 0 aromatic heterocycles. The Balaban J connectivity index is 1.69. The molecule has 0 atom stereocenters. The molecule has 0 fully saturated rings. The maximum atomic E-state index is 12.0. The molecule has 4 nitrogen and oxygen atoms in total. The minimum Gasteiger partial charge on any atom is -0.486 e. The Morgan fingerprint density at radius 2 is 1.83 bits per heavy atom. The summed E-state index contributed by atoms with van der Waals surface area (Å²) >= 11 is 0. The van der Waals surface area contributed by atoms with Gasteiger partial charge in [0.25, 0.3) is 5.91 Å². The number of para-hydroxylation sites is 1. The summed E-state index contributed by atoms with van der Waals surface area (Å²) < 4.78 is 5.59. The summed E-state index contributed by atoms with van der Waals surface area (Å²) in [5.41, 5.74) is 2.63. The molecule has 0 bridgehead atoms. The Morgan fingerprint density at radius 1 is 1.09 bits per heavy atom. The van der Waals surface area contributed by atoms with Crippen LogP contribution in [0, 0.1) is 0 Å². The highest BCUT2D eigenvalue weighted by Crippen LogP contribution is 2.14. The van der Waals surface area contributed by atoms with Crippen LogP contribution in [0.25, 0.3) is 6.08 Å². The lowest BCUT2D eigenvalue weighted by molar-refractivity contribution is -0.115. The van der Waals surface area contributed by atoms with Crippen molar-refractivity contribution in [3.63, 3.8) is 0 Å². The number of aliphatic imine (C=N–C) groups is 1. The van der Waals surface area contributed by atoms with Gasteiger partial charge in [-0.1, -0.05) is 49.4 Å². The number of hydrogen-bond donors (Lipinski definition) is 1. The standard InChI is InChI=1S/C19H18N2O2/c1-2-14-8-10-15(11-9-14)12-17-19(22)21-18(20-17)13-23-16-6-4-3-5-7-16/h3-12H,2,13H2,1H3,(H,20,21,22)/b17-12+. The molecule has 1 aliphatic rings. The van der Waals surface area contributed by atoms with Crippen molar-refractivity contribution in [1.29, 1.82) is 0 Å². The van der Waals surface area contributed by atoms with E-state index in [0.29, 0.717) is 11.5 Å². The molecule has 0 saturated heterocycles. The Hall–Kier alpha value is -2.88. The largest absolute Gasteiger partial charge is 0.486 e. The highest BCUT2D eigenvalue weighted by molar-refractivity contribution is 6.14. The normalized spacial score (nSPS) is 15.4. The average Bonchev–Trinajstić information content (AvgIpc) is 2.94. The molecule has 1 amide bonds. The maximum absolute atomic E-state index is 12.0. The van der Waals surface area contributed by atoms with Gasteiger partial charge in [0.05, 0.1) is 0 Å². The fraction of sp³-hybridized carbons (Fsp3) is 0.158. The number of rotatable bonds is 5. The molecule has 2 aromatic rings. The Labute approximate surface area is 135 Å². The quantitative estimate of drug-likeness (QED) is 0.862. The van der Waals surface area contributed by atoms with Crippen LogP contribution in [0.4, 0.5) is 0 Å². The van der Waals surface area contributed by atoms with Crippen molar-refractivity contribution >= 4 is 17.8 Å². The fourth-order valence-corrected chi connectivity index (χ4v) is 2.26. The average molecular weight is 306 g/mol. The molecular weight excluding hydrogens is 288 g/mol. The first kappa shape index (κ1) is 15.0. The predicted octanol–water partition coefficient (Wildman–Crippen LogP) is 3.20. The van der Waals surface area contributed by atoms with E-state index in [9.17, 15) is 4.79 Å². The number of carbonyl (C=O) groups is 1. The van der Waals surface area contributed by atoms with Gasteiger partial charge in [-0.25, -0.2) is 4.99 Å². The second-order valence-electron chi connectivity index (χ2n) is 5.24. The number of ether oxygens (including phenoxy) is 1. The zero-order valence-electron chi connectivity index (χ0n) is 13.0. The van der Waals surface area contributed by atoms with E-state index in [-0.39, 0.29) is 12.5 Å². The Kier molecular flexibility index (Phi) is 4.52. The third-order valence-electron chi connectivity index (χ3n) is 3.56. The van der Waals surface area contributed by atoms with Crippen LogP contribution in [0.2, 0.25) is 0 Å². The molecule has 0 spiro atoms. The number of benzene rings is 2. The van der Waals surface area contributed by atoms with E-state index in [1.165, 1.54) is 5.56 Å². The number of hydrogen-bond acceptors (Lipinski definition) is 3. The summed E-state index contributed by atoms with van der Waals surface area (Å²) in [6, 6.07) is 17.6. The maximum Gasteiger partial charge on any atom is 0.275 e. The van der Waals surface area contributed by atoms with Gasteiger partial charge in [-0.3, -0.25) is 4.79 Å². The molecule has 1 heterocycles. The van der Waals surface area contributed by atoms with E-state index in [4.69, 9.17) is 4.74 Å². The monoisotopic (exact) mass is 306 g/mol. The number of amides is 1. The number of nitrogens with one attached hydrogen (secondary N) is 1. The lowest BCUT2D eigenvalue weighted by Gasteiger charge is -2.04. The van der Waals surface area contributed by atoms with Gasteiger partial charge < -0.3 is 10.1 Å². The van der Waals surface area contributed by atoms with Gasteiger partial charge in [-0.2, -0.15) is 0 Å². The molecule has 4 heteroatoms. The van der Waals surface area contributed by atoms with Crippen LogP contribution in [-0.4, -0.2) is 18.3 Å². The van der Waals surface area contributed by atoms with E-state index in [1.807, 2.05) is 42.5 Å². The molecule has 3 rings (SSSR count). The topological polar surface area (TPSA) is 50.7 Å². The number of carbonyl (C=O) groups excluding carboxylic acids is 1. The number of amidine groups is 1. The molecule has 0 radical (unpaired) electrons. The van der Waals surface area contributed by atoms with Gasteiger partial charge in [0.15, 0.2) is 0 Å². The zero-order valence-corrected chi connectivity index (χ0v) is 13.0. The lowest BCUT2D eigenvalue weighted by atomic mass is 10.1. The smallest absolute Gasteiger partial charge is 0.275 e. The molecule has 116 valence electrons. The molecule has 1 N–H and O–H groups in total. The van der Waals surface area contributed by atoms with Gasteiger partial charge in [0.1, 0.15) is 23.9 Å². The van der Waals surface area contributed by atoms with Crippen LogP contribution in [-0.2, 0) is 11.2 Å². The van der Waals surface area contributed by atoms with Gasteiger partial charge >= 0.3 is 0 Å². The van der Waals surface area contributed by atoms with Crippen LogP contribution >= 0.6 is 0 Å². The summed E-state index contributed by atoms with van der Waals surface area (Å²) in [6.45, 7) is 2.35. The first-order valence-electron chi connectivity index (χ1n) is 7.62. The first-order valence-corrected chi connectivity index (χ1v) is 7.62. The minimum atomic E-state index is -0.198. The van der Waals surface area contributed by atoms with E-state index >= 15 is 0 Å². The third kappa shape index (κ3) is 3.86. The van der Waals surface area contributed by atoms with Crippen molar-refractivity contribution in [3.8, 4) is 5.75 Å². The van der Waals surface area contributed by atoms with Gasteiger partial charge in [-0.15, -0.1) is 0 Å². The summed E-state index contributed by atoms with van der Waals surface area (Å²) in [5, 5.41) is 2.73. The lowest BCUT2D eigenvalue weighted by Crippen LogP contribution is -2.28. The Bertz CT molecular complexity index is 747. The molecule has 0 unspecified atom stereocenters. The van der Waals surface area contributed by atoms with Gasteiger partial charge in [-0.05, 0) is 35.8 Å². The van der Waals surface area contributed by atoms with Gasteiger partial charge in [0, 0.05) is 0 Å². The van der Waals surface area contributed by atoms with Crippen molar-refractivity contribution in [2.45, 2.75) is 13.3 Å². The van der Waals surface area contributed by atoms with Crippen LogP contribution in [0.3, 0.4) is 0 Å². The highest BCUT2D eigenvalue weighted by atomic mass is 16.5. The number of nitrogens with zero attached hydrogens (tertiary/aromatic N) is 1. The van der Waals surface area contributed by atoms with E-state index < -0.39 is 0 Å². The summed E-state index contributed by atoms with van der Waals surface area (Å²) in [4.78, 5) is 16.3. The first-order chi connectivity index (χ1) is 11.2. The molecule has 1 aliphatic heterocycles. The Morgan fingerprint density at radius 3 is 2.52 bits per heavy atom. The van der Waals surface area contributed by atoms with Crippen molar-refractivity contribution in [2.24, 2.45) is 4.99 Å². The van der Waals surface area contributed by atoms with Crippen LogP contribution < -0.4 is 10.1 Å². The van der Waals surface area contributed by atoms with Gasteiger partial charge in [0.2, 0.25) is 0 Å². The van der Waals surface area contributed by atoms with Crippen molar-refractivity contribution in [3.05, 3.63) is 71.4 Å². The molecule has 0 aliphatic carbocycles. The van der Waals surface area contributed by atoms with E-state index in [2.05, 4.69) is 29.4 Å². The highest BCUT2D eigenvalue weighted by Gasteiger charge is 2.20. The van der Waals surface area contributed by atoms with Crippen LogP contribution in [0.15, 0.2) is 65.3 Å². The third-order valence-corrected chi connectivity index (χ3v) is 3.56. The number of aryl methyl sites for hydroxylation is 1. The molecular formula is C19H18N2O2. The van der Waals surface area contributed by atoms with Crippen LogP contribution in [0.5, 0.6) is 5.75 Å². The van der Waals surface area contributed by atoms with Crippen molar-refractivity contribution in [2.75, 3.05) is 6.61 Å².